The summed E-state index contributed by atoms with van der Waals surface area (Å²) < 4.78 is 5.21. The number of ether oxygens (including phenoxy) is 1. The second kappa shape index (κ2) is 2.94. The molecule has 2 rings (SSSR count). The fourth-order valence-corrected chi connectivity index (χ4v) is 1.23. The van der Waals surface area contributed by atoms with Crippen LogP contribution in [0.25, 0.3) is 6.08 Å². The first kappa shape index (κ1) is 7.86. The molecule has 0 radical (unpaired) electrons. The highest BCUT2D eigenvalue weighted by atomic mass is 16.5. The molecule has 0 bridgehead atoms. The van der Waals surface area contributed by atoms with Gasteiger partial charge in [0.05, 0.1) is 0 Å². The number of benzene rings is 1. The van der Waals surface area contributed by atoms with Crippen LogP contribution in [-0.2, 0) is 4.79 Å². The van der Waals surface area contributed by atoms with Crippen molar-refractivity contribution < 1.29 is 14.6 Å². The monoisotopic (exact) mass is 176 g/mol. The normalized spacial score (nSPS) is 18.9. The Morgan fingerprint density at radius 3 is 2.92 bits per heavy atom. The number of aliphatic carboxylic acids is 1. The molecule has 1 aliphatic heterocycles. The molecule has 1 aliphatic rings. The van der Waals surface area contributed by atoms with Crippen LogP contribution >= 0.6 is 0 Å². The van der Waals surface area contributed by atoms with Crippen molar-refractivity contribution in [1.82, 2.24) is 0 Å². The maximum absolute atomic E-state index is 10.6. The predicted octanol–water partition coefficient (Wildman–Crippen LogP) is 1.55. The lowest BCUT2D eigenvalue weighted by molar-refractivity contribution is -0.142. The molecule has 3 nitrogen and oxygen atoms in total. The number of rotatable bonds is 1. The second-order valence-electron chi connectivity index (χ2n) is 2.77. The smallest absolute Gasteiger partial charge is 0.349 e. The van der Waals surface area contributed by atoms with Crippen LogP contribution in [0.4, 0.5) is 0 Å². The van der Waals surface area contributed by atoms with E-state index in [9.17, 15) is 4.79 Å². The van der Waals surface area contributed by atoms with Crippen LogP contribution in [0.5, 0.6) is 5.75 Å². The average Bonchev–Trinajstić information content (AvgIpc) is 2.17. The second-order valence-corrected chi connectivity index (χ2v) is 2.77. The summed E-state index contributed by atoms with van der Waals surface area (Å²) in [5, 5.41) is 8.69. The van der Waals surface area contributed by atoms with E-state index < -0.39 is 12.1 Å². The molecule has 0 fully saturated rings. The minimum Gasteiger partial charge on any atom is -0.478 e. The molecule has 0 amide bonds. The van der Waals surface area contributed by atoms with Crippen molar-refractivity contribution in [3.63, 3.8) is 0 Å². The van der Waals surface area contributed by atoms with Crippen LogP contribution in [0.15, 0.2) is 30.3 Å². The number of hydrogen-bond acceptors (Lipinski definition) is 2. The van der Waals surface area contributed by atoms with E-state index in [-0.39, 0.29) is 0 Å². The molecule has 0 saturated heterocycles. The lowest BCUT2D eigenvalue weighted by Gasteiger charge is -2.17. The lowest BCUT2D eigenvalue weighted by atomic mass is 10.1. The Morgan fingerprint density at radius 2 is 2.15 bits per heavy atom. The van der Waals surface area contributed by atoms with Gasteiger partial charge in [-0.25, -0.2) is 4.79 Å². The largest absolute Gasteiger partial charge is 0.478 e. The van der Waals surface area contributed by atoms with Gasteiger partial charge in [-0.3, -0.25) is 0 Å². The maximum Gasteiger partial charge on any atom is 0.349 e. The summed E-state index contributed by atoms with van der Waals surface area (Å²) >= 11 is 0. The van der Waals surface area contributed by atoms with E-state index in [1.54, 1.807) is 12.1 Å². The summed E-state index contributed by atoms with van der Waals surface area (Å²) in [6.45, 7) is 0. The minimum absolute atomic E-state index is 0.623. The van der Waals surface area contributed by atoms with Crippen molar-refractivity contribution >= 4 is 12.0 Å². The van der Waals surface area contributed by atoms with Crippen LogP contribution in [0.3, 0.4) is 0 Å². The quantitative estimate of drug-likeness (QED) is 0.706. The van der Waals surface area contributed by atoms with Gasteiger partial charge in [0.1, 0.15) is 5.75 Å². The summed E-state index contributed by atoms with van der Waals surface area (Å²) in [5.74, 6) is -0.344. The van der Waals surface area contributed by atoms with Gasteiger partial charge in [0, 0.05) is 5.56 Å². The van der Waals surface area contributed by atoms with E-state index in [4.69, 9.17) is 9.84 Å². The van der Waals surface area contributed by atoms with Crippen molar-refractivity contribution in [2.75, 3.05) is 0 Å². The first-order valence-electron chi connectivity index (χ1n) is 3.94. The number of fused-ring (bicyclic) bond motifs is 1. The number of para-hydroxylation sites is 1. The first-order valence-corrected chi connectivity index (χ1v) is 3.94. The molecule has 1 aromatic rings. The van der Waals surface area contributed by atoms with Crippen molar-refractivity contribution in [2.45, 2.75) is 6.10 Å². The van der Waals surface area contributed by atoms with E-state index in [1.807, 2.05) is 18.2 Å². The molecule has 3 heteroatoms. The Kier molecular flexibility index (Phi) is 1.77. The van der Waals surface area contributed by atoms with Gasteiger partial charge in [-0.15, -0.1) is 0 Å². The molecule has 13 heavy (non-hydrogen) atoms. The lowest BCUT2D eigenvalue weighted by Crippen LogP contribution is -2.26. The number of carboxylic acids is 1. The summed E-state index contributed by atoms with van der Waals surface area (Å²) in [6.07, 6.45) is 2.44. The molecule has 1 aromatic carbocycles. The Morgan fingerprint density at radius 1 is 1.38 bits per heavy atom. The topological polar surface area (TPSA) is 46.5 Å². The molecule has 1 atom stereocenters. The van der Waals surface area contributed by atoms with E-state index in [1.165, 1.54) is 6.08 Å². The van der Waals surface area contributed by atoms with Crippen LogP contribution < -0.4 is 4.74 Å². The van der Waals surface area contributed by atoms with Gasteiger partial charge in [0.25, 0.3) is 0 Å². The van der Waals surface area contributed by atoms with Crippen LogP contribution in [0.1, 0.15) is 5.56 Å². The summed E-state index contributed by atoms with van der Waals surface area (Å²) in [5.41, 5.74) is 0.917. The zero-order valence-electron chi connectivity index (χ0n) is 6.81. The fraction of sp³-hybridized carbons (Fsp3) is 0.100. The molecule has 66 valence electrons. The van der Waals surface area contributed by atoms with Crippen molar-refractivity contribution in [3.8, 4) is 5.75 Å². The molecular weight excluding hydrogens is 168 g/mol. The zero-order valence-corrected chi connectivity index (χ0v) is 6.81. The van der Waals surface area contributed by atoms with Gasteiger partial charge >= 0.3 is 5.97 Å². The Bertz CT molecular complexity index is 368. The number of carbonyl (C=O) groups is 1. The van der Waals surface area contributed by atoms with Gasteiger partial charge in [0.15, 0.2) is 0 Å². The molecule has 0 aromatic heterocycles. The Balaban J connectivity index is 2.34. The summed E-state index contributed by atoms with van der Waals surface area (Å²) in [7, 11) is 0. The molecule has 0 spiro atoms. The van der Waals surface area contributed by atoms with Crippen molar-refractivity contribution in [2.24, 2.45) is 0 Å². The molecule has 1 unspecified atom stereocenters. The number of carboxylic acid groups (broad SMARTS) is 1. The molecule has 0 aliphatic carbocycles. The standard InChI is InChI=1S/C10H8O3/c11-10(12)9-6-5-7-3-1-2-4-8(7)13-9/h1-6,9H,(H,11,12). The Hall–Kier alpha value is -1.77. The van der Waals surface area contributed by atoms with E-state index in [2.05, 4.69) is 0 Å². The zero-order chi connectivity index (χ0) is 9.26. The summed E-state index contributed by atoms with van der Waals surface area (Å²) in [4.78, 5) is 10.6. The molecule has 1 heterocycles. The SMILES string of the molecule is O=C(O)C1C=Cc2ccccc2O1. The van der Waals surface area contributed by atoms with Gasteiger partial charge < -0.3 is 9.84 Å². The third-order valence-electron chi connectivity index (χ3n) is 1.87. The Labute approximate surface area is 75.3 Å². The van der Waals surface area contributed by atoms with E-state index in [0.717, 1.165) is 5.56 Å². The van der Waals surface area contributed by atoms with Gasteiger partial charge in [-0.1, -0.05) is 24.3 Å². The van der Waals surface area contributed by atoms with Gasteiger partial charge in [-0.2, -0.15) is 0 Å². The average molecular weight is 176 g/mol. The van der Waals surface area contributed by atoms with Crippen molar-refractivity contribution in [1.29, 1.82) is 0 Å². The third kappa shape index (κ3) is 1.40. The molecular formula is C10H8O3. The van der Waals surface area contributed by atoms with Gasteiger partial charge in [0.2, 0.25) is 6.10 Å². The highest BCUT2D eigenvalue weighted by Gasteiger charge is 2.20. The van der Waals surface area contributed by atoms with Gasteiger partial charge in [-0.05, 0) is 12.1 Å². The summed E-state index contributed by atoms with van der Waals surface area (Å²) in [6, 6.07) is 7.34. The van der Waals surface area contributed by atoms with E-state index >= 15 is 0 Å². The molecule has 0 saturated carbocycles. The van der Waals surface area contributed by atoms with Crippen LogP contribution in [0.2, 0.25) is 0 Å². The highest BCUT2D eigenvalue weighted by Crippen LogP contribution is 2.25. The fourth-order valence-electron chi connectivity index (χ4n) is 1.23. The number of hydrogen-bond donors (Lipinski definition) is 1. The first-order chi connectivity index (χ1) is 6.27. The maximum atomic E-state index is 10.6. The van der Waals surface area contributed by atoms with E-state index in [0.29, 0.717) is 5.75 Å². The van der Waals surface area contributed by atoms with Crippen molar-refractivity contribution in [3.05, 3.63) is 35.9 Å². The van der Waals surface area contributed by atoms with Crippen LogP contribution in [0, 0.1) is 0 Å². The molecule has 1 N–H and O–H groups in total. The minimum atomic E-state index is -0.967. The predicted molar refractivity (Wildman–Crippen MR) is 47.5 cm³/mol. The van der Waals surface area contributed by atoms with Crippen LogP contribution in [-0.4, -0.2) is 17.2 Å². The highest BCUT2D eigenvalue weighted by molar-refractivity contribution is 5.78. The third-order valence-corrected chi connectivity index (χ3v) is 1.87.